The Kier molecular flexibility index (Phi) is 5.95. The first kappa shape index (κ1) is 15.4. The van der Waals surface area contributed by atoms with Crippen LogP contribution in [-0.2, 0) is 6.42 Å². The van der Waals surface area contributed by atoms with Crippen molar-refractivity contribution < 1.29 is 0 Å². The van der Waals surface area contributed by atoms with Gasteiger partial charge < -0.3 is 10.6 Å². The summed E-state index contributed by atoms with van der Waals surface area (Å²) < 4.78 is 0. The first-order valence-electron chi connectivity index (χ1n) is 7.67. The molecule has 4 nitrogen and oxygen atoms in total. The van der Waals surface area contributed by atoms with Crippen LogP contribution < -0.4 is 10.6 Å². The molecule has 2 rings (SSSR count). The van der Waals surface area contributed by atoms with Gasteiger partial charge in [0.1, 0.15) is 18.0 Å². The highest BCUT2D eigenvalue weighted by Crippen LogP contribution is 2.30. The van der Waals surface area contributed by atoms with Gasteiger partial charge >= 0.3 is 0 Å². The van der Waals surface area contributed by atoms with Crippen molar-refractivity contribution in [1.82, 2.24) is 9.97 Å². The highest BCUT2D eigenvalue weighted by molar-refractivity contribution is 7.99. The zero-order valence-electron chi connectivity index (χ0n) is 12.8. The molecule has 1 fully saturated rings. The minimum Gasteiger partial charge on any atom is -0.370 e. The summed E-state index contributed by atoms with van der Waals surface area (Å²) in [7, 11) is 0. The zero-order valence-corrected chi connectivity index (χ0v) is 13.6. The Morgan fingerprint density at radius 1 is 1.20 bits per heavy atom. The second kappa shape index (κ2) is 7.72. The van der Waals surface area contributed by atoms with Crippen LogP contribution in [-0.4, -0.2) is 34.1 Å². The summed E-state index contributed by atoms with van der Waals surface area (Å²) in [5, 5.41) is 7.72. The molecule has 2 atom stereocenters. The number of nitrogens with zero attached hydrogens (tertiary/aromatic N) is 2. The maximum Gasteiger partial charge on any atom is 0.134 e. The van der Waals surface area contributed by atoms with Gasteiger partial charge in [-0.05, 0) is 32.4 Å². The normalized spacial score (nSPS) is 22.6. The van der Waals surface area contributed by atoms with Crippen molar-refractivity contribution in [3.63, 3.8) is 0 Å². The highest BCUT2D eigenvalue weighted by atomic mass is 32.2. The van der Waals surface area contributed by atoms with Crippen LogP contribution in [0.5, 0.6) is 0 Å². The Morgan fingerprint density at radius 2 is 1.95 bits per heavy atom. The predicted octanol–water partition coefficient (Wildman–Crippen LogP) is 3.56. The van der Waals surface area contributed by atoms with Gasteiger partial charge in [0.25, 0.3) is 0 Å². The van der Waals surface area contributed by atoms with Crippen molar-refractivity contribution in [3.05, 3.63) is 11.9 Å². The molecule has 2 unspecified atom stereocenters. The molecule has 1 aliphatic rings. The van der Waals surface area contributed by atoms with Crippen molar-refractivity contribution in [2.45, 2.75) is 57.2 Å². The van der Waals surface area contributed by atoms with Crippen LogP contribution in [0.2, 0.25) is 0 Å². The topological polar surface area (TPSA) is 49.8 Å². The summed E-state index contributed by atoms with van der Waals surface area (Å²) in [4.78, 5) is 8.85. The lowest BCUT2D eigenvalue weighted by atomic mass is 9.94. The minimum absolute atomic E-state index is 0.536. The molecule has 0 spiro atoms. The largest absolute Gasteiger partial charge is 0.370 e. The molecular formula is C15H26N4S. The van der Waals surface area contributed by atoms with Gasteiger partial charge in [0.15, 0.2) is 0 Å². The van der Waals surface area contributed by atoms with Crippen LogP contribution in [0.3, 0.4) is 0 Å². The summed E-state index contributed by atoms with van der Waals surface area (Å²) in [6.45, 7) is 5.15. The lowest BCUT2D eigenvalue weighted by Gasteiger charge is -2.32. The molecule has 112 valence electrons. The second-order valence-corrected chi connectivity index (χ2v) is 6.32. The molecule has 1 aliphatic carbocycles. The molecule has 5 heteroatoms. The number of nitrogens with one attached hydrogen (secondary N) is 2. The van der Waals surface area contributed by atoms with Gasteiger partial charge in [-0.15, -0.1) is 0 Å². The Morgan fingerprint density at radius 3 is 2.65 bits per heavy atom. The van der Waals surface area contributed by atoms with Gasteiger partial charge in [0.05, 0.1) is 0 Å². The third-order valence-corrected chi connectivity index (χ3v) is 5.14. The Labute approximate surface area is 126 Å². The fourth-order valence-corrected chi connectivity index (χ4v) is 3.85. The van der Waals surface area contributed by atoms with Crippen LogP contribution in [0.4, 0.5) is 11.6 Å². The Balaban J connectivity index is 2.17. The summed E-state index contributed by atoms with van der Waals surface area (Å²) in [6, 6.07) is 0.536. The zero-order chi connectivity index (χ0) is 14.4. The molecule has 1 heterocycles. The fraction of sp³-hybridized carbons (Fsp3) is 0.733. The van der Waals surface area contributed by atoms with E-state index in [1.54, 1.807) is 6.33 Å². The van der Waals surface area contributed by atoms with Crippen LogP contribution in [0, 0.1) is 0 Å². The fourth-order valence-electron chi connectivity index (χ4n) is 2.91. The van der Waals surface area contributed by atoms with E-state index in [4.69, 9.17) is 0 Å². The van der Waals surface area contributed by atoms with Gasteiger partial charge in [-0.25, -0.2) is 9.97 Å². The number of hydrogen-bond acceptors (Lipinski definition) is 5. The van der Waals surface area contributed by atoms with E-state index < -0.39 is 0 Å². The first-order valence-corrected chi connectivity index (χ1v) is 8.96. The number of anilines is 2. The van der Waals surface area contributed by atoms with Gasteiger partial charge in [-0.2, -0.15) is 11.8 Å². The van der Waals surface area contributed by atoms with Crippen LogP contribution >= 0.6 is 11.8 Å². The molecule has 0 amide bonds. The smallest absolute Gasteiger partial charge is 0.134 e. The van der Waals surface area contributed by atoms with Gasteiger partial charge in [-0.3, -0.25) is 0 Å². The Hall–Kier alpha value is -0.970. The number of hydrogen-bond donors (Lipinski definition) is 2. The van der Waals surface area contributed by atoms with E-state index in [1.165, 1.54) is 31.2 Å². The number of rotatable bonds is 6. The molecule has 0 aromatic carbocycles. The second-order valence-electron chi connectivity index (χ2n) is 5.24. The first-order chi connectivity index (χ1) is 9.80. The van der Waals surface area contributed by atoms with Crippen molar-refractivity contribution >= 4 is 23.4 Å². The number of thioether (sulfide) groups is 1. The van der Waals surface area contributed by atoms with E-state index in [2.05, 4.69) is 40.7 Å². The van der Waals surface area contributed by atoms with E-state index in [-0.39, 0.29) is 0 Å². The standard InChI is InChI=1S/C15H26N4S/c1-4-11-14(16-5-2)17-10-18-15(11)19-12-8-6-7-9-13(12)20-3/h10,12-13H,4-9H2,1-3H3,(H2,16,17,18,19). The molecule has 1 aromatic rings. The summed E-state index contributed by atoms with van der Waals surface area (Å²) in [5.74, 6) is 1.99. The van der Waals surface area contributed by atoms with Crippen molar-refractivity contribution in [3.8, 4) is 0 Å². The number of aromatic nitrogens is 2. The maximum absolute atomic E-state index is 4.48. The van der Waals surface area contributed by atoms with Crippen LogP contribution in [0.25, 0.3) is 0 Å². The van der Waals surface area contributed by atoms with Crippen LogP contribution in [0.15, 0.2) is 6.33 Å². The van der Waals surface area contributed by atoms with E-state index in [1.807, 2.05) is 11.8 Å². The molecule has 20 heavy (non-hydrogen) atoms. The van der Waals surface area contributed by atoms with Crippen LogP contribution in [0.1, 0.15) is 45.1 Å². The summed E-state index contributed by atoms with van der Waals surface area (Å²) >= 11 is 1.98. The minimum atomic E-state index is 0.536. The molecule has 0 bridgehead atoms. The molecular weight excluding hydrogens is 268 g/mol. The highest BCUT2D eigenvalue weighted by Gasteiger charge is 2.25. The third kappa shape index (κ3) is 3.57. The monoisotopic (exact) mass is 294 g/mol. The van der Waals surface area contributed by atoms with E-state index in [0.29, 0.717) is 11.3 Å². The molecule has 0 saturated heterocycles. The molecule has 0 radical (unpaired) electrons. The van der Waals surface area contributed by atoms with Gasteiger partial charge in [0.2, 0.25) is 0 Å². The van der Waals surface area contributed by atoms with E-state index in [9.17, 15) is 0 Å². The van der Waals surface area contributed by atoms with Crippen molar-refractivity contribution in [2.75, 3.05) is 23.4 Å². The average Bonchev–Trinajstić information content (AvgIpc) is 2.48. The molecule has 1 aromatic heterocycles. The van der Waals surface area contributed by atoms with Gasteiger partial charge in [-0.1, -0.05) is 19.8 Å². The summed E-state index contributed by atoms with van der Waals surface area (Å²) in [6.07, 6.45) is 10.1. The average molecular weight is 294 g/mol. The quantitative estimate of drug-likeness (QED) is 0.840. The molecule has 2 N–H and O–H groups in total. The molecule has 1 saturated carbocycles. The van der Waals surface area contributed by atoms with Crippen molar-refractivity contribution in [1.29, 1.82) is 0 Å². The third-order valence-electron chi connectivity index (χ3n) is 3.97. The van der Waals surface area contributed by atoms with E-state index in [0.717, 1.165) is 24.6 Å². The lowest BCUT2D eigenvalue weighted by Crippen LogP contribution is -2.35. The lowest BCUT2D eigenvalue weighted by molar-refractivity contribution is 0.474. The Bertz CT molecular complexity index is 424. The maximum atomic E-state index is 4.48. The SMILES string of the molecule is CCNc1ncnc(NC2CCCCC2SC)c1CC. The summed E-state index contributed by atoms with van der Waals surface area (Å²) in [5.41, 5.74) is 1.21. The molecule has 0 aliphatic heterocycles. The predicted molar refractivity (Wildman–Crippen MR) is 88.8 cm³/mol. The van der Waals surface area contributed by atoms with E-state index >= 15 is 0 Å². The van der Waals surface area contributed by atoms with Crippen molar-refractivity contribution in [2.24, 2.45) is 0 Å². The van der Waals surface area contributed by atoms with Gasteiger partial charge in [0, 0.05) is 23.4 Å².